The molecule has 0 aromatic rings. The van der Waals surface area contributed by atoms with Crippen LogP contribution in [0.5, 0.6) is 0 Å². The molecule has 0 spiro atoms. The summed E-state index contributed by atoms with van der Waals surface area (Å²) in [5.41, 5.74) is 0.594. The lowest BCUT2D eigenvalue weighted by Crippen LogP contribution is -2.39. The Morgan fingerprint density at radius 2 is 2.07 bits per heavy atom. The van der Waals surface area contributed by atoms with Crippen molar-refractivity contribution < 1.29 is 5.11 Å². The maximum Gasteiger partial charge on any atom is 0.0952 e. The third-order valence-corrected chi connectivity index (χ3v) is 3.20. The van der Waals surface area contributed by atoms with Gasteiger partial charge < -0.3 is 10.4 Å². The van der Waals surface area contributed by atoms with Crippen LogP contribution >= 0.6 is 0 Å². The molecular weight excluding hydrogens is 186 g/mol. The van der Waals surface area contributed by atoms with Crippen molar-refractivity contribution in [3.05, 3.63) is 11.6 Å². The molecule has 0 bridgehead atoms. The Balaban J connectivity index is 2.56. The van der Waals surface area contributed by atoms with Crippen molar-refractivity contribution >= 4 is 0 Å². The molecule has 0 aliphatic heterocycles. The van der Waals surface area contributed by atoms with Gasteiger partial charge in [0.2, 0.25) is 0 Å². The van der Waals surface area contributed by atoms with Crippen molar-refractivity contribution in [2.75, 3.05) is 13.1 Å². The van der Waals surface area contributed by atoms with Crippen LogP contribution in [0.25, 0.3) is 0 Å². The van der Waals surface area contributed by atoms with Crippen LogP contribution in [0.1, 0.15) is 52.4 Å². The van der Waals surface area contributed by atoms with Crippen LogP contribution in [-0.2, 0) is 0 Å². The largest absolute Gasteiger partial charge is 0.384 e. The summed E-state index contributed by atoms with van der Waals surface area (Å²) in [6.07, 6.45) is 9.63. The number of hydrogen-bond acceptors (Lipinski definition) is 2. The second-order valence-corrected chi connectivity index (χ2v) is 4.74. The molecular formula is C13H25NO. The summed E-state index contributed by atoms with van der Waals surface area (Å²) in [7, 11) is 0. The van der Waals surface area contributed by atoms with Gasteiger partial charge in [-0.1, -0.05) is 25.8 Å². The van der Waals surface area contributed by atoms with E-state index < -0.39 is 5.60 Å². The third-order valence-electron chi connectivity index (χ3n) is 3.20. The first kappa shape index (κ1) is 12.7. The molecule has 2 heteroatoms. The van der Waals surface area contributed by atoms with E-state index in [1.807, 2.05) is 6.92 Å². The maximum absolute atomic E-state index is 10.4. The second kappa shape index (κ2) is 6.29. The van der Waals surface area contributed by atoms with Crippen molar-refractivity contribution in [3.8, 4) is 0 Å². The number of allylic oxidation sites excluding steroid dienone is 1. The molecule has 1 aliphatic carbocycles. The minimum Gasteiger partial charge on any atom is -0.384 e. The van der Waals surface area contributed by atoms with Crippen LogP contribution in [0.4, 0.5) is 0 Å². The second-order valence-electron chi connectivity index (χ2n) is 4.74. The molecule has 2 nitrogen and oxygen atoms in total. The number of nitrogens with one attached hydrogen (secondary N) is 1. The first-order valence-electron chi connectivity index (χ1n) is 6.29. The van der Waals surface area contributed by atoms with Crippen LogP contribution < -0.4 is 5.32 Å². The Bertz CT molecular complexity index is 209. The van der Waals surface area contributed by atoms with Gasteiger partial charge in [-0.3, -0.25) is 0 Å². The topological polar surface area (TPSA) is 32.3 Å². The van der Waals surface area contributed by atoms with E-state index in [1.165, 1.54) is 31.3 Å². The molecule has 0 saturated carbocycles. The maximum atomic E-state index is 10.4. The Morgan fingerprint density at radius 3 is 2.80 bits per heavy atom. The molecule has 0 heterocycles. The zero-order valence-corrected chi connectivity index (χ0v) is 10.2. The smallest absolute Gasteiger partial charge is 0.0952 e. The molecule has 15 heavy (non-hydrogen) atoms. The van der Waals surface area contributed by atoms with Gasteiger partial charge in [0.05, 0.1) is 5.60 Å². The molecule has 1 unspecified atom stereocenters. The van der Waals surface area contributed by atoms with E-state index in [9.17, 15) is 5.11 Å². The normalized spacial score (nSPS) is 22.5. The number of aliphatic hydroxyl groups is 1. The lowest BCUT2D eigenvalue weighted by molar-refractivity contribution is 0.0932. The summed E-state index contributed by atoms with van der Waals surface area (Å²) in [5.74, 6) is 0. The molecule has 1 aliphatic rings. The molecule has 0 fully saturated rings. The van der Waals surface area contributed by atoms with Crippen molar-refractivity contribution in [2.24, 2.45) is 0 Å². The van der Waals surface area contributed by atoms with E-state index in [2.05, 4.69) is 18.3 Å². The Labute approximate surface area is 93.8 Å². The van der Waals surface area contributed by atoms with Gasteiger partial charge in [-0.05, 0) is 44.7 Å². The van der Waals surface area contributed by atoms with E-state index >= 15 is 0 Å². The summed E-state index contributed by atoms with van der Waals surface area (Å²) in [5, 5.41) is 13.6. The minimum atomic E-state index is -0.645. The summed E-state index contributed by atoms with van der Waals surface area (Å²) >= 11 is 0. The van der Waals surface area contributed by atoms with Crippen LogP contribution in [0, 0.1) is 0 Å². The van der Waals surface area contributed by atoms with Gasteiger partial charge in [0.15, 0.2) is 0 Å². The molecule has 0 aromatic heterocycles. The van der Waals surface area contributed by atoms with Crippen LogP contribution in [0.3, 0.4) is 0 Å². The zero-order chi connectivity index (χ0) is 11.1. The fourth-order valence-corrected chi connectivity index (χ4v) is 2.16. The summed E-state index contributed by atoms with van der Waals surface area (Å²) < 4.78 is 0. The van der Waals surface area contributed by atoms with Gasteiger partial charge in [-0.15, -0.1) is 0 Å². The predicted molar refractivity (Wildman–Crippen MR) is 65.0 cm³/mol. The molecule has 0 aromatic carbocycles. The Kier molecular flexibility index (Phi) is 5.34. The monoisotopic (exact) mass is 211 g/mol. The highest BCUT2D eigenvalue weighted by Gasteiger charge is 2.24. The fourth-order valence-electron chi connectivity index (χ4n) is 2.16. The SMILES string of the molecule is CCNCC(C)(O)C1=CCCCCCC1. The van der Waals surface area contributed by atoms with Gasteiger partial charge >= 0.3 is 0 Å². The third kappa shape index (κ3) is 4.35. The van der Waals surface area contributed by atoms with Crippen LogP contribution in [-0.4, -0.2) is 23.8 Å². The fraction of sp³-hybridized carbons (Fsp3) is 0.846. The summed E-state index contributed by atoms with van der Waals surface area (Å²) in [4.78, 5) is 0. The molecule has 0 amide bonds. The van der Waals surface area contributed by atoms with Gasteiger partial charge in [-0.25, -0.2) is 0 Å². The number of likely N-dealkylation sites (N-methyl/N-ethyl adjacent to an activating group) is 1. The highest BCUT2D eigenvalue weighted by molar-refractivity contribution is 5.16. The predicted octanol–water partition coefficient (Wildman–Crippen LogP) is 2.63. The van der Waals surface area contributed by atoms with Crippen molar-refractivity contribution in [2.45, 2.75) is 58.0 Å². The van der Waals surface area contributed by atoms with E-state index in [-0.39, 0.29) is 0 Å². The first-order chi connectivity index (χ1) is 7.17. The van der Waals surface area contributed by atoms with Gasteiger partial charge in [0.1, 0.15) is 0 Å². The van der Waals surface area contributed by atoms with Crippen LogP contribution in [0.2, 0.25) is 0 Å². The Hall–Kier alpha value is -0.340. The van der Waals surface area contributed by atoms with Crippen molar-refractivity contribution in [1.29, 1.82) is 0 Å². The molecule has 1 rings (SSSR count). The van der Waals surface area contributed by atoms with Crippen molar-refractivity contribution in [1.82, 2.24) is 5.32 Å². The molecule has 0 saturated heterocycles. The van der Waals surface area contributed by atoms with Gasteiger partial charge in [0.25, 0.3) is 0 Å². The molecule has 88 valence electrons. The van der Waals surface area contributed by atoms with E-state index in [1.54, 1.807) is 0 Å². The summed E-state index contributed by atoms with van der Waals surface area (Å²) in [6, 6.07) is 0. The average Bonchev–Trinajstić information content (AvgIpc) is 2.13. The number of hydrogen-bond donors (Lipinski definition) is 2. The van der Waals surface area contributed by atoms with Gasteiger partial charge in [-0.2, -0.15) is 0 Å². The highest BCUT2D eigenvalue weighted by atomic mass is 16.3. The quantitative estimate of drug-likeness (QED) is 0.701. The zero-order valence-electron chi connectivity index (χ0n) is 10.2. The lowest BCUT2D eigenvalue weighted by atomic mass is 9.88. The van der Waals surface area contributed by atoms with Gasteiger partial charge in [0, 0.05) is 6.54 Å². The Morgan fingerprint density at radius 1 is 1.33 bits per heavy atom. The molecule has 0 radical (unpaired) electrons. The first-order valence-corrected chi connectivity index (χ1v) is 6.29. The van der Waals surface area contributed by atoms with Crippen molar-refractivity contribution in [3.63, 3.8) is 0 Å². The lowest BCUT2D eigenvalue weighted by Gasteiger charge is -2.28. The van der Waals surface area contributed by atoms with Crippen LogP contribution in [0.15, 0.2) is 11.6 Å². The van der Waals surface area contributed by atoms with E-state index in [0.29, 0.717) is 6.54 Å². The minimum absolute atomic E-state index is 0.645. The highest BCUT2D eigenvalue weighted by Crippen LogP contribution is 2.25. The number of rotatable bonds is 4. The standard InChI is InChI=1S/C13H25NO/c1-3-14-11-13(2,15)12-9-7-5-4-6-8-10-12/h9,14-15H,3-8,10-11H2,1-2H3. The average molecular weight is 211 g/mol. The van der Waals surface area contributed by atoms with E-state index in [0.717, 1.165) is 19.4 Å². The molecule has 2 N–H and O–H groups in total. The van der Waals surface area contributed by atoms with E-state index in [4.69, 9.17) is 0 Å². The molecule has 1 atom stereocenters. The summed E-state index contributed by atoms with van der Waals surface area (Å²) in [6.45, 7) is 5.60.